The number of Topliss-reactive ketones (excluding diaryl/α,β-unsaturated/α-hetero) is 1. The summed E-state index contributed by atoms with van der Waals surface area (Å²) in [5, 5.41) is 0. The summed E-state index contributed by atoms with van der Waals surface area (Å²) in [5.41, 5.74) is 4.77. The van der Waals surface area contributed by atoms with Gasteiger partial charge in [-0.15, -0.1) is 5.73 Å². The number of carbonyl (C=O) groups is 2. The second-order valence-corrected chi connectivity index (χ2v) is 4.50. The average Bonchev–Trinajstić information content (AvgIpc) is 2.73. The molecular weight excluding hydrogens is 240 g/mol. The van der Waals surface area contributed by atoms with Crippen molar-refractivity contribution in [1.29, 1.82) is 0 Å². The maximum atomic E-state index is 12.2. The van der Waals surface area contributed by atoms with Crippen molar-refractivity contribution < 1.29 is 14.3 Å². The van der Waals surface area contributed by atoms with Crippen LogP contribution in [0.4, 0.5) is 0 Å². The summed E-state index contributed by atoms with van der Waals surface area (Å²) in [6, 6.07) is 7.56. The lowest BCUT2D eigenvalue weighted by molar-refractivity contribution is -0.138. The highest BCUT2D eigenvalue weighted by Crippen LogP contribution is 2.30. The highest BCUT2D eigenvalue weighted by molar-refractivity contribution is 6.03. The molecule has 0 radical (unpaired) electrons. The summed E-state index contributed by atoms with van der Waals surface area (Å²) in [5.74, 6) is -0.542. The molecule has 0 fully saturated rings. The Kier molecular flexibility index (Phi) is 3.98. The van der Waals surface area contributed by atoms with Gasteiger partial charge in [-0.05, 0) is 25.3 Å². The van der Waals surface area contributed by atoms with E-state index in [0.717, 1.165) is 11.1 Å². The standard InChI is InChI=1S/C16H16O3/c1-3-11(16(18)19-4-2)9-13-10-12-7-5-6-8-14(12)15(13)17/h5-8,13H,1,4,9-10H2,2H3. The first-order valence-electron chi connectivity index (χ1n) is 6.35. The van der Waals surface area contributed by atoms with Crippen LogP contribution >= 0.6 is 0 Å². The van der Waals surface area contributed by atoms with Gasteiger partial charge in [-0.25, -0.2) is 4.79 Å². The molecule has 0 bridgehead atoms. The molecule has 1 aliphatic rings. The topological polar surface area (TPSA) is 43.4 Å². The van der Waals surface area contributed by atoms with Crippen LogP contribution in [0.1, 0.15) is 29.3 Å². The molecule has 0 heterocycles. The number of rotatable bonds is 4. The molecule has 19 heavy (non-hydrogen) atoms. The number of esters is 1. The van der Waals surface area contributed by atoms with Gasteiger partial charge in [-0.3, -0.25) is 4.79 Å². The molecule has 0 saturated carbocycles. The third-order valence-corrected chi connectivity index (χ3v) is 3.31. The summed E-state index contributed by atoms with van der Waals surface area (Å²) in [6.45, 7) is 5.56. The minimum atomic E-state index is -0.429. The SMILES string of the molecule is C=C=C(CC1Cc2ccccc2C1=O)C(=O)OCC. The normalized spacial score (nSPS) is 16.7. The van der Waals surface area contributed by atoms with Crippen molar-refractivity contribution >= 4 is 11.8 Å². The molecule has 3 heteroatoms. The second kappa shape index (κ2) is 5.68. The summed E-state index contributed by atoms with van der Waals surface area (Å²) in [7, 11) is 0. The quantitative estimate of drug-likeness (QED) is 0.472. The van der Waals surface area contributed by atoms with E-state index in [-0.39, 0.29) is 11.7 Å². The van der Waals surface area contributed by atoms with E-state index in [2.05, 4.69) is 12.3 Å². The molecule has 0 N–H and O–H groups in total. The smallest absolute Gasteiger partial charge is 0.341 e. The molecule has 1 aliphatic carbocycles. The zero-order valence-electron chi connectivity index (χ0n) is 10.9. The van der Waals surface area contributed by atoms with E-state index in [1.54, 1.807) is 6.92 Å². The lowest BCUT2D eigenvalue weighted by Gasteiger charge is -2.09. The molecule has 3 nitrogen and oxygen atoms in total. The number of ether oxygens (including phenoxy) is 1. The third kappa shape index (κ3) is 2.67. The van der Waals surface area contributed by atoms with E-state index in [0.29, 0.717) is 25.0 Å². The van der Waals surface area contributed by atoms with Crippen molar-refractivity contribution in [3.8, 4) is 0 Å². The number of fused-ring (bicyclic) bond motifs is 1. The van der Waals surface area contributed by atoms with E-state index in [1.807, 2.05) is 24.3 Å². The summed E-state index contributed by atoms with van der Waals surface area (Å²) >= 11 is 0. The van der Waals surface area contributed by atoms with Crippen LogP contribution in [0.25, 0.3) is 0 Å². The van der Waals surface area contributed by atoms with Crippen molar-refractivity contribution in [2.45, 2.75) is 19.8 Å². The van der Waals surface area contributed by atoms with Crippen molar-refractivity contribution in [2.75, 3.05) is 6.61 Å². The predicted molar refractivity (Wildman–Crippen MR) is 71.9 cm³/mol. The Morgan fingerprint density at radius 1 is 1.47 bits per heavy atom. The third-order valence-electron chi connectivity index (χ3n) is 3.31. The summed E-state index contributed by atoms with van der Waals surface area (Å²) in [6.07, 6.45) is 1.01. The molecule has 0 aromatic heterocycles. The Bertz CT molecular complexity index is 565. The van der Waals surface area contributed by atoms with Crippen LogP contribution in [0.2, 0.25) is 0 Å². The maximum absolute atomic E-state index is 12.2. The Hall–Kier alpha value is -2.12. The van der Waals surface area contributed by atoms with Gasteiger partial charge < -0.3 is 4.74 Å². The first-order valence-corrected chi connectivity index (χ1v) is 6.35. The fraction of sp³-hybridized carbons (Fsp3) is 0.312. The molecule has 1 aromatic rings. The van der Waals surface area contributed by atoms with Crippen molar-refractivity contribution in [1.82, 2.24) is 0 Å². The van der Waals surface area contributed by atoms with Gasteiger partial charge in [-0.1, -0.05) is 30.8 Å². The van der Waals surface area contributed by atoms with Crippen LogP contribution in [-0.2, 0) is 16.0 Å². The van der Waals surface area contributed by atoms with Gasteiger partial charge in [0.2, 0.25) is 0 Å². The van der Waals surface area contributed by atoms with Crippen LogP contribution in [0, 0.1) is 5.92 Å². The van der Waals surface area contributed by atoms with Gasteiger partial charge in [0, 0.05) is 11.5 Å². The van der Waals surface area contributed by atoms with E-state index in [9.17, 15) is 9.59 Å². The number of hydrogen-bond acceptors (Lipinski definition) is 3. The number of ketones is 1. The first-order chi connectivity index (χ1) is 9.17. The van der Waals surface area contributed by atoms with Crippen molar-refractivity contribution in [2.24, 2.45) is 5.92 Å². The average molecular weight is 256 g/mol. The van der Waals surface area contributed by atoms with Gasteiger partial charge in [-0.2, -0.15) is 0 Å². The van der Waals surface area contributed by atoms with Gasteiger partial charge in [0.25, 0.3) is 0 Å². The number of hydrogen-bond donors (Lipinski definition) is 0. The largest absolute Gasteiger partial charge is 0.462 e. The van der Waals surface area contributed by atoms with Crippen LogP contribution in [-0.4, -0.2) is 18.4 Å². The molecule has 2 rings (SSSR count). The van der Waals surface area contributed by atoms with Gasteiger partial charge >= 0.3 is 5.97 Å². The van der Waals surface area contributed by atoms with Crippen LogP contribution < -0.4 is 0 Å². The van der Waals surface area contributed by atoms with E-state index >= 15 is 0 Å². The van der Waals surface area contributed by atoms with Gasteiger partial charge in [0.1, 0.15) is 0 Å². The fourth-order valence-electron chi connectivity index (χ4n) is 2.37. The Morgan fingerprint density at radius 3 is 2.84 bits per heavy atom. The molecule has 1 atom stereocenters. The highest BCUT2D eigenvalue weighted by atomic mass is 16.5. The predicted octanol–water partition coefficient (Wildman–Crippen LogP) is 2.71. The number of carbonyl (C=O) groups excluding carboxylic acids is 2. The number of benzene rings is 1. The van der Waals surface area contributed by atoms with E-state index < -0.39 is 5.97 Å². The highest BCUT2D eigenvalue weighted by Gasteiger charge is 2.31. The molecule has 1 aromatic carbocycles. The Morgan fingerprint density at radius 2 is 2.21 bits per heavy atom. The first kappa shape index (κ1) is 13.3. The second-order valence-electron chi connectivity index (χ2n) is 4.50. The minimum Gasteiger partial charge on any atom is -0.462 e. The van der Waals surface area contributed by atoms with E-state index in [1.165, 1.54) is 0 Å². The molecule has 0 saturated heterocycles. The van der Waals surface area contributed by atoms with Crippen LogP contribution in [0.5, 0.6) is 0 Å². The molecule has 0 spiro atoms. The Labute approximate surface area is 112 Å². The summed E-state index contributed by atoms with van der Waals surface area (Å²) < 4.78 is 4.93. The van der Waals surface area contributed by atoms with Gasteiger partial charge in [0.05, 0.1) is 12.2 Å². The van der Waals surface area contributed by atoms with E-state index in [4.69, 9.17) is 4.74 Å². The summed E-state index contributed by atoms with van der Waals surface area (Å²) in [4.78, 5) is 23.9. The molecule has 98 valence electrons. The van der Waals surface area contributed by atoms with Crippen LogP contribution in [0.3, 0.4) is 0 Å². The van der Waals surface area contributed by atoms with Crippen LogP contribution in [0.15, 0.2) is 42.1 Å². The molecule has 1 unspecified atom stereocenters. The molecule has 0 aliphatic heterocycles. The van der Waals surface area contributed by atoms with Crippen molar-refractivity contribution in [3.63, 3.8) is 0 Å². The zero-order chi connectivity index (χ0) is 13.8. The minimum absolute atomic E-state index is 0.0904. The van der Waals surface area contributed by atoms with Gasteiger partial charge in [0.15, 0.2) is 5.78 Å². The van der Waals surface area contributed by atoms with Crippen molar-refractivity contribution in [3.05, 3.63) is 53.3 Å². The lowest BCUT2D eigenvalue weighted by Crippen LogP contribution is -2.15. The molecule has 0 amide bonds. The maximum Gasteiger partial charge on any atom is 0.341 e. The fourth-order valence-corrected chi connectivity index (χ4v) is 2.37. The zero-order valence-corrected chi connectivity index (χ0v) is 10.9. The monoisotopic (exact) mass is 256 g/mol. The lowest BCUT2D eigenvalue weighted by atomic mass is 9.96. The Balaban J connectivity index is 2.12. The molecular formula is C16H16O3.